The van der Waals surface area contributed by atoms with Crippen molar-refractivity contribution >= 4 is 0 Å². The van der Waals surface area contributed by atoms with Crippen molar-refractivity contribution in [2.45, 2.75) is 110 Å². The van der Waals surface area contributed by atoms with Gasteiger partial charge in [-0.2, -0.15) is 0 Å². The van der Waals surface area contributed by atoms with Crippen LogP contribution in [0, 0.1) is 11.3 Å². The van der Waals surface area contributed by atoms with Gasteiger partial charge in [0.15, 0.2) is 0 Å². The van der Waals surface area contributed by atoms with Gasteiger partial charge in [0.1, 0.15) is 6.10 Å². The van der Waals surface area contributed by atoms with Gasteiger partial charge in [-0.15, -0.1) is 0 Å². The minimum absolute atomic E-state index is 0.0653. The zero-order valence-electron chi connectivity index (χ0n) is 21.4. The van der Waals surface area contributed by atoms with Gasteiger partial charge in [0.25, 0.3) is 0 Å². The maximum Gasteiger partial charge on any atom is 0.111 e. The number of pyridine rings is 1. The molecule has 3 nitrogen and oxygen atoms in total. The molecule has 2 atom stereocenters. The zero-order valence-corrected chi connectivity index (χ0v) is 21.4. The van der Waals surface area contributed by atoms with Crippen molar-refractivity contribution in [1.82, 2.24) is 4.98 Å². The SMILES string of the molecule is CC(C)Cc1ccc(C2OC3(CCCC3)c3c4c(nc(C(C)C)c32)CC(C)(C)CC4O)cc1. The average Bonchev–Trinajstić information content (AvgIpc) is 3.32. The first-order valence-electron chi connectivity index (χ1n) is 13.1. The van der Waals surface area contributed by atoms with Crippen molar-refractivity contribution in [2.24, 2.45) is 11.3 Å². The number of rotatable bonds is 4. The molecular formula is C30H41NO2. The molecule has 2 heterocycles. The predicted octanol–water partition coefficient (Wildman–Crippen LogP) is 7.30. The summed E-state index contributed by atoms with van der Waals surface area (Å²) in [7, 11) is 0. The summed E-state index contributed by atoms with van der Waals surface area (Å²) >= 11 is 0. The highest BCUT2D eigenvalue weighted by atomic mass is 16.5. The van der Waals surface area contributed by atoms with E-state index in [1.54, 1.807) is 0 Å². The minimum Gasteiger partial charge on any atom is -0.388 e. The van der Waals surface area contributed by atoms with E-state index in [0.717, 1.165) is 43.4 Å². The monoisotopic (exact) mass is 447 g/mol. The Hall–Kier alpha value is -1.71. The van der Waals surface area contributed by atoms with Gasteiger partial charge in [0.05, 0.1) is 11.7 Å². The van der Waals surface area contributed by atoms with Gasteiger partial charge in [-0.05, 0) is 66.0 Å². The molecule has 3 aliphatic rings. The van der Waals surface area contributed by atoms with Gasteiger partial charge >= 0.3 is 0 Å². The summed E-state index contributed by atoms with van der Waals surface area (Å²) in [5.41, 5.74) is 8.38. The molecule has 2 unspecified atom stereocenters. The Morgan fingerprint density at radius 1 is 1.03 bits per heavy atom. The van der Waals surface area contributed by atoms with Crippen molar-refractivity contribution < 1.29 is 9.84 Å². The molecule has 33 heavy (non-hydrogen) atoms. The van der Waals surface area contributed by atoms with Crippen molar-refractivity contribution in [2.75, 3.05) is 0 Å². The van der Waals surface area contributed by atoms with Crippen molar-refractivity contribution in [1.29, 1.82) is 0 Å². The van der Waals surface area contributed by atoms with Crippen LogP contribution < -0.4 is 0 Å². The van der Waals surface area contributed by atoms with Crippen LogP contribution >= 0.6 is 0 Å². The van der Waals surface area contributed by atoms with Gasteiger partial charge in [0, 0.05) is 22.5 Å². The van der Waals surface area contributed by atoms with Gasteiger partial charge in [0.2, 0.25) is 0 Å². The number of fused-ring (bicyclic) bond motifs is 4. The smallest absolute Gasteiger partial charge is 0.111 e. The molecule has 1 spiro atoms. The molecule has 0 amide bonds. The van der Waals surface area contributed by atoms with Gasteiger partial charge < -0.3 is 9.84 Å². The van der Waals surface area contributed by atoms with Crippen LogP contribution in [0.15, 0.2) is 24.3 Å². The number of aliphatic hydroxyl groups excluding tert-OH is 1. The highest BCUT2D eigenvalue weighted by Gasteiger charge is 2.52. The highest BCUT2D eigenvalue weighted by Crippen LogP contribution is 2.59. The maximum atomic E-state index is 11.4. The van der Waals surface area contributed by atoms with Gasteiger partial charge in [-0.25, -0.2) is 0 Å². The summed E-state index contributed by atoms with van der Waals surface area (Å²) in [5, 5.41) is 11.4. The predicted molar refractivity (Wildman–Crippen MR) is 133 cm³/mol. The van der Waals surface area contributed by atoms with Crippen LogP contribution in [0.1, 0.15) is 131 Å². The molecule has 1 fully saturated rings. The van der Waals surface area contributed by atoms with E-state index in [0.29, 0.717) is 11.8 Å². The molecule has 0 radical (unpaired) electrons. The van der Waals surface area contributed by atoms with Crippen LogP contribution in [-0.4, -0.2) is 10.1 Å². The number of hydrogen-bond acceptors (Lipinski definition) is 3. The van der Waals surface area contributed by atoms with Crippen LogP contribution in [0.2, 0.25) is 0 Å². The number of nitrogens with zero attached hydrogens (tertiary/aromatic N) is 1. The molecule has 0 bridgehead atoms. The molecule has 178 valence electrons. The summed E-state index contributed by atoms with van der Waals surface area (Å²) in [5.74, 6) is 0.962. The van der Waals surface area contributed by atoms with E-state index >= 15 is 0 Å². The normalized spacial score (nSPS) is 25.1. The standard InChI is InChI=1S/C30H41NO2/c1-18(2)15-20-9-11-21(12-10-20)28-25-26(30(33-28)13-7-8-14-30)24-22(31-27(25)19(3)4)16-29(5,6)17-23(24)32/h9-12,18-19,23,28,32H,7-8,13-17H2,1-6H3. The Bertz CT molecular complexity index is 1030. The van der Waals surface area contributed by atoms with Crippen molar-refractivity contribution in [3.8, 4) is 0 Å². The minimum atomic E-state index is -0.459. The first kappa shape index (κ1) is 23.1. The molecule has 1 aliphatic heterocycles. The van der Waals surface area contributed by atoms with Gasteiger partial charge in [-0.3, -0.25) is 4.98 Å². The van der Waals surface area contributed by atoms with E-state index in [1.165, 1.54) is 40.8 Å². The Morgan fingerprint density at radius 3 is 2.30 bits per heavy atom. The quantitative estimate of drug-likeness (QED) is 0.535. The Kier molecular flexibility index (Phi) is 5.73. The summed E-state index contributed by atoms with van der Waals surface area (Å²) in [6, 6.07) is 9.08. The number of benzene rings is 1. The van der Waals surface area contributed by atoms with E-state index in [9.17, 15) is 5.11 Å². The van der Waals surface area contributed by atoms with E-state index in [1.807, 2.05) is 0 Å². The first-order chi connectivity index (χ1) is 15.6. The summed E-state index contributed by atoms with van der Waals surface area (Å²) < 4.78 is 7.09. The molecular weight excluding hydrogens is 406 g/mol. The highest BCUT2D eigenvalue weighted by molar-refractivity contribution is 5.54. The molecule has 2 aliphatic carbocycles. The first-order valence-corrected chi connectivity index (χ1v) is 13.1. The Balaban J connectivity index is 1.70. The van der Waals surface area contributed by atoms with Crippen molar-refractivity contribution in [3.05, 3.63) is 63.5 Å². The number of hydrogen-bond donors (Lipinski definition) is 1. The molecule has 1 aromatic heterocycles. The largest absolute Gasteiger partial charge is 0.388 e. The lowest BCUT2D eigenvalue weighted by Crippen LogP contribution is -2.32. The molecule has 1 saturated carbocycles. The number of ether oxygens (including phenoxy) is 1. The second kappa shape index (κ2) is 8.20. The maximum absolute atomic E-state index is 11.4. The molecule has 3 heteroatoms. The zero-order chi connectivity index (χ0) is 23.5. The fraction of sp³-hybridized carbons (Fsp3) is 0.633. The fourth-order valence-electron chi connectivity index (χ4n) is 6.72. The average molecular weight is 448 g/mol. The van der Waals surface area contributed by atoms with Crippen molar-refractivity contribution in [3.63, 3.8) is 0 Å². The number of aliphatic hydroxyl groups is 1. The number of aromatic nitrogens is 1. The third-order valence-electron chi connectivity index (χ3n) is 8.05. The lowest BCUT2D eigenvalue weighted by molar-refractivity contribution is -0.0580. The Labute approximate surface area is 200 Å². The fourth-order valence-corrected chi connectivity index (χ4v) is 6.72. The second-order valence-electron chi connectivity index (χ2n) is 12.4. The summed E-state index contributed by atoms with van der Waals surface area (Å²) in [4.78, 5) is 5.28. The van der Waals surface area contributed by atoms with Crippen LogP contribution in [0.3, 0.4) is 0 Å². The van der Waals surface area contributed by atoms with E-state index in [2.05, 4.69) is 65.8 Å². The lowest BCUT2D eigenvalue weighted by atomic mass is 9.70. The van der Waals surface area contributed by atoms with Crippen LogP contribution in [0.4, 0.5) is 0 Å². The lowest BCUT2D eigenvalue weighted by Gasteiger charge is -2.38. The van der Waals surface area contributed by atoms with E-state index in [-0.39, 0.29) is 17.1 Å². The van der Waals surface area contributed by atoms with Crippen LogP contribution in [-0.2, 0) is 23.2 Å². The summed E-state index contributed by atoms with van der Waals surface area (Å²) in [6.07, 6.45) is 6.74. The molecule has 0 saturated heterocycles. The molecule has 5 rings (SSSR count). The second-order valence-corrected chi connectivity index (χ2v) is 12.4. The van der Waals surface area contributed by atoms with E-state index in [4.69, 9.17) is 9.72 Å². The Morgan fingerprint density at radius 2 is 1.70 bits per heavy atom. The molecule has 1 N–H and O–H groups in total. The van der Waals surface area contributed by atoms with Gasteiger partial charge in [-0.1, -0.05) is 78.6 Å². The third kappa shape index (κ3) is 3.96. The molecule has 2 aromatic rings. The third-order valence-corrected chi connectivity index (χ3v) is 8.05. The van der Waals surface area contributed by atoms with Crippen LogP contribution in [0.25, 0.3) is 0 Å². The van der Waals surface area contributed by atoms with E-state index < -0.39 is 6.10 Å². The molecule has 1 aromatic carbocycles. The summed E-state index contributed by atoms with van der Waals surface area (Å²) in [6.45, 7) is 13.6. The van der Waals surface area contributed by atoms with Crippen LogP contribution in [0.5, 0.6) is 0 Å². The topological polar surface area (TPSA) is 42.4 Å².